The quantitative estimate of drug-likeness (QED) is 0.682. The summed E-state index contributed by atoms with van der Waals surface area (Å²) in [7, 11) is 0. The summed E-state index contributed by atoms with van der Waals surface area (Å²) in [6, 6.07) is 0.387. The molecule has 2 rings (SSSR count). The monoisotopic (exact) mass is 396 g/mol. The fourth-order valence-electron chi connectivity index (χ4n) is 4.33. The first-order valence-corrected chi connectivity index (χ1v) is 11.1. The molecule has 0 bridgehead atoms. The second kappa shape index (κ2) is 11.6. The van der Waals surface area contributed by atoms with E-state index in [-0.39, 0.29) is 17.9 Å². The maximum Gasteiger partial charge on any atom is 0.317 e. The standard InChI is InChI=1S/C21H40N4O3/c1-5-23(6-2)19(15-17(3)4)16-22-21(27)25-9-7-18(8-10-25)20(26)24-11-13-28-14-12-24/h17-19H,5-16H2,1-4H3,(H,22,27). The second-order valence-corrected chi connectivity index (χ2v) is 8.39. The molecule has 0 aromatic carbocycles. The number of likely N-dealkylation sites (N-methyl/N-ethyl adjacent to an activating group) is 1. The lowest BCUT2D eigenvalue weighted by Gasteiger charge is -2.36. The highest BCUT2D eigenvalue weighted by atomic mass is 16.5. The Morgan fingerprint density at radius 2 is 1.64 bits per heavy atom. The van der Waals surface area contributed by atoms with Gasteiger partial charge in [0.1, 0.15) is 0 Å². The number of nitrogens with zero attached hydrogens (tertiary/aromatic N) is 3. The Morgan fingerprint density at radius 1 is 1.04 bits per heavy atom. The Hall–Kier alpha value is -1.34. The molecule has 1 N–H and O–H groups in total. The van der Waals surface area contributed by atoms with Crippen molar-refractivity contribution in [1.82, 2.24) is 20.0 Å². The maximum atomic E-state index is 12.7. The van der Waals surface area contributed by atoms with Gasteiger partial charge in [0.25, 0.3) is 0 Å². The van der Waals surface area contributed by atoms with Gasteiger partial charge >= 0.3 is 6.03 Å². The number of rotatable bonds is 8. The fourth-order valence-corrected chi connectivity index (χ4v) is 4.33. The summed E-state index contributed by atoms with van der Waals surface area (Å²) in [6.07, 6.45) is 2.60. The highest BCUT2D eigenvalue weighted by Gasteiger charge is 2.31. The topological polar surface area (TPSA) is 65.1 Å². The van der Waals surface area contributed by atoms with E-state index in [1.807, 2.05) is 9.80 Å². The van der Waals surface area contributed by atoms with Crippen LogP contribution in [0, 0.1) is 11.8 Å². The summed E-state index contributed by atoms with van der Waals surface area (Å²) >= 11 is 0. The predicted molar refractivity (Wildman–Crippen MR) is 111 cm³/mol. The van der Waals surface area contributed by atoms with Gasteiger partial charge in [-0.15, -0.1) is 0 Å². The Bertz CT molecular complexity index is 482. The number of hydrogen-bond donors (Lipinski definition) is 1. The number of amides is 3. The van der Waals surface area contributed by atoms with E-state index in [1.54, 1.807) is 0 Å². The van der Waals surface area contributed by atoms with Gasteiger partial charge in [-0.2, -0.15) is 0 Å². The smallest absolute Gasteiger partial charge is 0.317 e. The highest BCUT2D eigenvalue weighted by molar-refractivity contribution is 5.80. The van der Waals surface area contributed by atoms with Gasteiger partial charge in [0.05, 0.1) is 13.2 Å². The van der Waals surface area contributed by atoms with Crippen molar-refractivity contribution in [2.45, 2.75) is 53.0 Å². The fraction of sp³-hybridized carbons (Fsp3) is 0.905. The number of carbonyl (C=O) groups excluding carboxylic acids is 2. The van der Waals surface area contributed by atoms with Crippen LogP contribution in [0.15, 0.2) is 0 Å². The van der Waals surface area contributed by atoms with Crippen molar-refractivity contribution in [3.63, 3.8) is 0 Å². The number of morpholine rings is 1. The predicted octanol–water partition coefficient (Wildman–Crippen LogP) is 2.02. The number of piperidine rings is 1. The third-order valence-electron chi connectivity index (χ3n) is 6.02. The summed E-state index contributed by atoms with van der Waals surface area (Å²) in [4.78, 5) is 31.5. The van der Waals surface area contributed by atoms with Gasteiger partial charge in [0, 0.05) is 44.7 Å². The van der Waals surface area contributed by atoms with Crippen LogP contribution in [-0.2, 0) is 9.53 Å². The highest BCUT2D eigenvalue weighted by Crippen LogP contribution is 2.20. The molecule has 28 heavy (non-hydrogen) atoms. The van der Waals surface area contributed by atoms with Gasteiger partial charge in [-0.05, 0) is 38.3 Å². The van der Waals surface area contributed by atoms with Crippen molar-refractivity contribution in [2.75, 3.05) is 59.0 Å². The molecular weight excluding hydrogens is 356 g/mol. The minimum atomic E-state index is 0.0122. The average molecular weight is 397 g/mol. The van der Waals surface area contributed by atoms with Crippen LogP contribution >= 0.6 is 0 Å². The van der Waals surface area contributed by atoms with E-state index in [9.17, 15) is 9.59 Å². The van der Waals surface area contributed by atoms with Crippen molar-refractivity contribution in [3.8, 4) is 0 Å². The van der Waals surface area contributed by atoms with Crippen LogP contribution < -0.4 is 5.32 Å². The van der Waals surface area contributed by atoms with E-state index in [2.05, 4.69) is 37.9 Å². The maximum absolute atomic E-state index is 12.7. The average Bonchev–Trinajstić information content (AvgIpc) is 2.72. The zero-order valence-corrected chi connectivity index (χ0v) is 18.3. The molecule has 0 aromatic heterocycles. The van der Waals surface area contributed by atoms with Crippen LogP contribution in [0.3, 0.4) is 0 Å². The number of hydrogen-bond acceptors (Lipinski definition) is 4. The number of ether oxygens (including phenoxy) is 1. The van der Waals surface area contributed by atoms with Crippen LogP contribution in [0.5, 0.6) is 0 Å². The number of urea groups is 1. The van der Waals surface area contributed by atoms with Crippen LogP contribution in [0.1, 0.15) is 47.0 Å². The molecule has 2 heterocycles. The van der Waals surface area contributed by atoms with Gasteiger partial charge in [-0.3, -0.25) is 9.69 Å². The van der Waals surface area contributed by atoms with E-state index in [1.165, 1.54) is 0 Å². The SMILES string of the molecule is CCN(CC)C(CNC(=O)N1CCC(C(=O)N2CCOCC2)CC1)CC(C)C. The van der Waals surface area contributed by atoms with Crippen LogP contribution in [0.4, 0.5) is 4.79 Å². The zero-order valence-electron chi connectivity index (χ0n) is 18.3. The van der Waals surface area contributed by atoms with Crippen molar-refractivity contribution in [3.05, 3.63) is 0 Å². The largest absolute Gasteiger partial charge is 0.378 e. The lowest BCUT2D eigenvalue weighted by molar-refractivity contribution is -0.141. The van der Waals surface area contributed by atoms with Crippen molar-refractivity contribution < 1.29 is 14.3 Å². The summed E-state index contributed by atoms with van der Waals surface area (Å²) in [5.74, 6) is 0.887. The molecule has 0 spiro atoms. The first-order chi connectivity index (χ1) is 13.5. The molecule has 0 aliphatic carbocycles. The number of likely N-dealkylation sites (tertiary alicyclic amines) is 1. The van der Waals surface area contributed by atoms with E-state index in [0.717, 1.165) is 32.4 Å². The zero-order chi connectivity index (χ0) is 20.5. The Kier molecular flexibility index (Phi) is 9.51. The minimum absolute atomic E-state index is 0.0122. The molecular formula is C21H40N4O3. The molecule has 2 aliphatic rings. The minimum Gasteiger partial charge on any atom is -0.378 e. The van der Waals surface area contributed by atoms with Gasteiger partial charge in [-0.1, -0.05) is 27.7 Å². The molecule has 1 unspecified atom stereocenters. The summed E-state index contributed by atoms with van der Waals surface area (Å²) < 4.78 is 5.33. The molecule has 3 amide bonds. The van der Waals surface area contributed by atoms with Crippen molar-refractivity contribution in [1.29, 1.82) is 0 Å². The third kappa shape index (κ3) is 6.62. The van der Waals surface area contributed by atoms with Crippen LogP contribution in [0.25, 0.3) is 0 Å². The van der Waals surface area contributed by atoms with E-state index in [0.29, 0.717) is 57.9 Å². The van der Waals surface area contributed by atoms with Crippen LogP contribution in [-0.4, -0.2) is 91.7 Å². The molecule has 0 saturated carbocycles. The molecule has 2 aliphatic heterocycles. The summed E-state index contributed by atoms with van der Waals surface area (Å²) in [5, 5.41) is 3.15. The van der Waals surface area contributed by atoms with Crippen LogP contribution in [0.2, 0.25) is 0 Å². The molecule has 162 valence electrons. The van der Waals surface area contributed by atoms with Gasteiger partial charge in [-0.25, -0.2) is 4.79 Å². The first-order valence-electron chi connectivity index (χ1n) is 11.1. The second-order valence-electron chi connectivity index (χ2n) is 8.39. The van der Waals surface area contributed by atoms with Crippen molar-refractivity contribution >= 4 is 11.9 Å². The van der Waals surface area contributed by atoms with E-state index >= 15 is 0 Å². The normalized spacial score (nSPS) is 19.9. The molecule has 0 aromatic rings. The number of nitrogens with one attached hydrogen (secondary N) is 1. The van der Waals surface area contributed by atoms with Crippen molar-refractivity contribution in [2.24, 2.45) is 11.8 Å². The van der Waals surface area contributed by atoms with E-state index < -0.39 is 0 Å². The lowest BCUT2D eigenvalue weighted by atomic mass is 9.95. The Morgan fingerprint density at radius 3 is 2.18 bits per heavy atom. The summed E-state index contributed by atoms with van der Waals surface area (Å²) in [6.45, 7) is 15.5. The molecule has 7 heteroatoms. The van der Waals surface area contributed by atoms with Gasteiger partial charge < -0.3 is 19.9 Å². The molecule has 2 saturated heterocycles. The molecule has 0 radical (unpaired) electrons. The lowest BCUT2D eigenvalue weighted by Crippen LogP contribution is -2.51. The molecule has 2 fully saturated rings. The first kappa shape index (κ1) is 22.9. The molecule has 7 nitrogen and oxygen atoms in total. The number of carbonyl (C=O) groups is 2. The summed E-state index contributed by atoms with van der Waals surface area (Å²) in [5.41, 5.74) is 0. The Labute approximate surface area is 170 Å². The Balaban J connectivity index is 1.78. The third-order valence-corrected chi connectivity index (χ3v) is 6.02. The molecule has 1 atom stereocenters. The van der Waals surface area contributed by atoms with E-state index in [4.69, 9.17) is 4.74 Å². The van der Waals surface area contributed by atoms with Gasteiger partial charge in [0.15, 0.2) is 0 Å². The van der Waals surface area contributed by atoms with Gasteiger partial charge in [0.2, 0.25) is 5.91 Å².